The first kappa shape index (κ1) is 30.4. The molecule has 2 aliphatic heterocycles. The number of amides is 1. The summed E-state index contributed by atoms with van der Waals surface area (Å²) in [6.07, 6.45) is 1.19. The molecule has 2 saturated heterocycles. The maximum atomic E-state index is 13.4. The summed E-state index contributed by atoms with van der Waals surface area (Å²) in [7, 11) is 0. The van der Waals surface area contributed by atoms with Gasteiger partial charge in [0, 0.05) is 30.6 Å². The van der Waals surface area contributed by atoms with E-state index >= 15 is 0 Å². The van der Waals surface area contributed by atoms with Crippen LogP contribution in [0, 0.1) is 11.8 Å². The number of carbonyl (C=O) groups is 3. The largest absolute Gasteiger partial charge is 0.505 e. The molecule has 222 valence electrons. The van der Waals surface area contributed by atoms with E-state index in [2.05, 4.69) is 20.6 Å². The lowest BCUT2D eigenvalue weighted by atomic mass is 9.90. The second kappa shape index (κ2) is 13.4. The highest BCUT2D eigenvalue weighted by Crippen LogP contribution is 2.31. The molecule has 2 aliphatic rings. The first-order valence-electron chi connectivity index (χ1n) is 14.0. The van der Waals surface area contributed by atoms with Crippen LogP contribution in [0.3, 0.4) is 0 Å². The Labute approximate surface area is 238 Å². The van der Waals surface area contributed by atoms with Crippen LogP contribution in [0.5, 0.6) is 5.75 Å². The summed E-state index contributed by atoms with van der Waals surface area (Å²) >= 11 is 0. The number of carbonyl (C=O) groups excluding carboxylic acids is 3. The number of nitrogens with zero attached hydrogens (tertiary/aromatic N) is 2. The Bertz CT molecular complexity index is 1210. The molecule has 0 aliphatic carbocycles. The molecule has 0 saturated carbocycles. The minimum Gasteiger partial charge on any atom is -0.505 e. The number of aliphatic hydroxyl groups excluding tert-OH is 1. The molecule has 2 aromatic rings. The third-order valence-corrected chi connectivity index (χ3v) is 7.75. The number of epoxide rings is 1. The van der Waals surface area contributed by atoms with Gasteiger partial charge in [0.05, 0.1) is 18.1 Å². The van der Waals surface area contributed by atoms with Crippen LogP contribution in [0.1, 0.15) is 56.6 Å². The number of hydrogen-bond acceptors (Lipinski definition) is 11. The predicted octanol–water partition coefficient (Wildman–Crippen LogP) is 1.50. The molecule has 9 atom stereocenters. The Morgan fingerprint density at radius 2 is 1.90 bits per heavy atom. The summed E-state index contributed by atoms with van der Waals surface area (Å²) in [5.74, 6) is -3.75. The summed E-state index contributed by atoms with van der Waals surface area (Å²) in [6.45, 7) is 7.00. The highest BCUT2D eigenvalue weighted by atomic mass is 16.6. The predicted molar refractivity (Wildman–Crippen MR) is 145 cm³/mol. The zero-order valence-corrected chi connectivity index (χ0v) is 23.6. The van der Waals surface area contributed by atoms with E-state index in [1.807, 2.05) is 13.0 Å². The number of pyridine rings is 2. The number of nitrogens with one attached hydrogen (secondary N) is 2. The van der Waals surface area contributed by atoms with Crippen molar-refractivity contribution < 1.29 is 38.8 Å². The quantitative estimate of drug-likeness (QED) is 0.281. The average Bonchev–Trinajstić information content (AvgIpc) is 3.72. The molecule has 4 rings (SSSR count). The van der Waals surface area contributed by atoms with Gasteiger partial charge < -0.3 is 29.7 Å². The molecule has 1 amide bonds. The normalized spacial score (nSPS) is 31.2. The van der Waals surface area contributed by atoms with Gasteiger partial charge in [0.2, 0.25) is 6.10 Å². The standard InChI is InChI=1S/C29H38N4O8/c1-5-15(3)24-29(38)39-16(4)21(33-26(36)22-20(34)10-8-12-31-22)25-27(40-25)32-19(13-17-9-7-11-30-14-17)23(35)18(6-2)28(37)41-24/h7-12,14-16,18-19,21,23-25,27,32,34-35H,5-6,13H2,1-4H3,(H,33,36)/t15?,16-,18-,19+,21+,23+,24?,25?,27?/m1/s1. The van der Waals surface area contributed by atoms with Gasteiger partial charge in [0.1, 0.15) is 24.2 Å². The second-order valence-corrected chi connectivity index (χ2v) is 10.6. The number of ether oxygens (including phenoxy) is 3. The van der Waals surface area contributed by atoms with Crippen molar-refractivity contribution in [2.24, 2.45) is 11.8 Å². The van der Waals surface area contributed by atoms with Crippen LogP contribution in [0.25, 0.3) is 0 Å². The van der Waals surface area contributed by atoms with Crippen LogP contribution in [-0.2, 0) is 30.2 Å². The Hall–Kier alpha value is -3.61. The van der Waals surface area contributed by atoms with Crippen LogP contribution >= 0.6 is 0 Å². The van der Waals surface area contributed by atoms with Crippen molar-refractivity contribution in [3.05, 3.63) is 54.1 Å². The van der Waals surface area contributed by atoms with Crippen LogP contribution in [-0.4, -0.2) is 80.8 Å². The van der Waals surface area contributed by atoms with E-state index in [1.54, 1.807) is 39.2 Å². The maximum absolute atomic E-state index is 13.4. The lowest BCUT2D eigenvalue weighted by Crippen LogP contribution is -2.52. The van der Waals surface area contributed by atoms with E-state index in [0.29, 0.717) is 12.8 Å². The number of hydrogen-bond donors (Lipinski definition) is 4. The van der Waals surface area contributed by atoms with Crippen molar-refractivity contribution >= 4 is 17.8 Å². The average molecular weight is 571 g/mol. The van der Waals surface area contributed by atoms with E-state index in [0.717, 1.165) is 5.56 Å². The Morgan fingerprint density at radius 3 is 2.56 bits per heavy atom. The molecule has 12 heteroatoms. The number of aliphatic hydroxyl groups is 1. The molecule has 41 heavy (non-hydrogen) atoms. The molecule has 4 unspecified atom stereocenters. The number of aromatic nitrogens is 2. The molecule has 0 aromatic carbocycles. The monoisotopic (exact) mass is 570 g/mol. The SMILES string of the molecule is CCC(C)C1OC(=O)[C@H](CC)[C@H](O)[C@H](Cc2cccnc2)NC2OC2[C@@H](NC(=O)c2ncccc2O)[C@@H](C)OC1=O. The van der Waals surface area contributed by atoms with Gasteiger partial charge in [0.15, 0.2) is 5.69 Å². The van der Waals surface area contributed by atoms with E-state index in [9.17, 15) is 24.6 Å². The summed E-state index contributed by atoms with van der Waals surface area (Å²) in [5, 5.41) is 27.7. The van der Waals surface area contributed by atoms with Crippen molar-refractivity contribution in [2.75, 3.05) is 0 Å². The van der Waals surface area contributed by atoms with Crippen LogP contribution < -0.4 is 10.6 Å². The van der Waals surface area contributed by atoms with Gasteiger partial charge in [-0.25, -0.2) is 9.78 Å². The molecular weight excluding hydrogens is 532 g/mol. The van der Waals surface area contributed by atoms with Gasteiger partial charge >= 0.3 is 11.9 Å². The van der Waals surface area contributed by atoms with E-state index in [4.69, 9.17) is 14.2 Å². The maximum Gasteiger partial charge on any atom is 0.348 e. The van der Waals surface area contributed by atoms with E-state index in [1.165, 1.54) is 18.3 Å². The molecule has 4 N–H and O–H groups in total. The molecule has 2 aromatic heterocycles. The van der Waals surface area contributed by atoms with Gasteiger partial charge in [-0.3, -0.25) is 19.9 Å². The number of fused-ring (bicyclic) bond motifs is 1. The third kappa shape index (κ3) is 7.19. The summed E-state index contributed by atoms with van der Waals surface area (Å²) in [5.41, 5.74) is 0.634. The zero-order valence-electron chi connectivity index (χ0n) is 23.6. The Balaban J connectivity index is 1.68. The minimum absolute atomic E-state index is 0.193. The molecule has 0 spiro atoms. The number of aromatic hydroxyl groups is 1. The van der Waals surface area contributed by atoms with E-state index in [-0.39, 0.29) is 23.8 Å². The molecule has 4 heterocycles. The lowest BCUT2D eigenvalue weighted by molar-refractivity contribution is -0.180. The van der Waals surface area contributed by atoms with E-state index < -0.39 is 66.5 Å². The molecule has 0 radical (unpaired) electrons. The van der Waals surface area contributed by atoms with Crippen molar-refractivity contribution in [3.8, 4) is 5.75 Å². The van der Waals surface area contributed by atoms with Crippen molar-refractivity contribution in [1.82, 2.24) is 20.6 Å². The van der Waals surface area contributed by atoms with Gasteiger partial charge in [-0.1, -0.05) is 26.8 Å². The Morgan fingerprint density at radius 1 is 1.15 bits per heavy atom. The number of cyclic esters (lactones) is 2. The van der Waals surface area contributed by atoms with Crippen LogP contribution in [0.2, 0.25) is 0 Å². The molecule has 12 nitrogen and oxygen atoms in total. The van der Waals surface area contributed by atoms with Crippen molar-refractivity contribution in [2.45, 2.75) is 89.7 Å². The van der Waals surface area contributed by atoms with Gasteiger partial charge in [-0.2, -0.15) is 0 Å². The first-order valence-corrected chi connectivity index (χ1v) is 14.0. The van der Waals surface area contributed by atoms with Gasteiger partial charge in [-0.15, -0.1) is 0 Å². The third-order valence-electron chi connectivity index (χ3n) is 7.75. The summed E-state index contributed by atoms with van der Waals surface area (Å²) < 4.78 is 17.4. The highest BCUT2D eigenvalue weighted by molar-refractivity contribution is 5.95. The smallest absolute Gasteiger partial charge is 0.348 e. The first-order chi connectivity index (χ1) is 19.6. The molecule has 0 bridgehead atoms. The summed E-state index contributed by atoms with van der Waals surface area (Å²) in [6, 6.07) is 4.96. The minimum atomic E-state index is -1.21. The molecule has 2 fully saturated rings. The number of esters is 2. The van der Waals surface area contributed by atoms with Gasteiger partial charge in [-0.05, 0) is 49.9 Å². The lowest BCUT2D eigenvalue weighted by Gasteiger charge is -2.30. The van der Waals surface area contributed by atoms with Crippen LogP contribution in [0.15, 0.2) is 42.9 Å². The second-order valence-electron chi connectivity index (χ2n) is 10.6. The van der Waals surface area contributed by atoms with Gasteiger partial charge in [0.25, 0.3) is 5.91 Å². The Kier molecular flexibility index (Phi) is 9.90. The topological polar surface area (TPSA) is 172 Å². The fourth-order valence-corrected chi connectivity index (χ4v) is 5.03. The van der Waals surface area contributed by atoms with Crippen LogP contribution in [0.4, 0.5) is 0 Å². The zero-order chi connectivity index (χ0) is 29.7. The van der Waals surface area contributed by atoms with Crippen molar-refractivity contribution in [1.29, 1.82) is 0 Å². The fraction of sp³-hybridized carbons (Fsp3) is 0.552. The fourth-order valence-electron chi connectivity index (χ4n) is 5.03. The number of rotatable bonds is 7. The highest BCUT2D eigenvalue weighted by Gasteiger charge is 2.51. The molecular formula is C29H38N4O8. The van der Waals surface area contributed by atoms with Crippen molar-refractivity contribution in [3.63, 3.8) is 0 Å². The summed E-state index contributed by atoms with van der Waals surface area (Å²) in [4.78, 5) is 47.9.